The number of nitrogens with one attached hydrogen (secondary N) is 1. The molecule has 2 aromatic heterocycles. The first-order valence-electron chi connectivity index (χ1n) is 6.51. The predicted octanol–water partition coefficient (Wildman–Crippen LogP) is 2.22. The second-order valence-corrected chi connectivity index (χ2v) is 5.10. The van der Waals surface area contributed by atoms with Crippen LogP contribution in [0.15, 0.2) is 10.6 Å². The quantitative estimate of drug-likeness (QED) is 0.843. The van der Waals surface area contributed by atoms with Gasteiger partial charge in [0.25, 0.3) is 5.89 Å². The molecule has 1 atom stereocenters. The Morgan fingerprint density at radius 3 is 2.80 bits per heavy atom. The van der Waals surface area contributed by atoms with Gasteiger partial charge in [-0.1, -0.05) is 19.0 Å². The average Bonchev–Trinajstić information content (AvgIpc) is 2.97. The second-order valence-electron chi connectivity index (χ2n) is 5.10. The van der Waals surface area contributed by atoms with Crippen LogP contribution >= 0.6 is 0 Å². The number of carbonyl (C=O) groups is 1. The van der Waals surface area contributed by atoms with E-state index in [1.54, 1.807) is 19.9 Å². The summed E-state index contributed by atoms with van der Waals surface area (Å²) in [6, 6.07) is 1.70. The maximum atomic E-state index is 11.9. The van der Waals surface area contributed by atoms with Crippen LogP contribution in [0.3, 0.4) is 0 Å². The van der Waals surface area contributed by atoms with Crippen molar-refractivity contribution in [3.63, 3.8) is 0 Å². The molecule has 0 aliphatic rings. The Morgan fingerprint density at radius 1 is 1.45 bits per heavy atom. The molecule has 1 unspecified atom stereocenters. The van der Waals surface area contributed by atoms with Gasteiger partial charge in [0.2, 0.25) is 0 Å². The van der Waals surface area contributed by atoms with Crippen molar-refractivity contribution in [2.75, 3.05) is 0 Å². The fraction of sp³-hybridized carbons (Fsp3) is 0.538. The minimum atomic E-state index is -0.603. The van der Waals surface area contributed by atoms with Crippen molar-refractivity contribution < 1.29 is 14.1 Å². The van der Waals surface area contributed by atoms with E-state index in [1.165, 1.54) is 0 Å². The number of rotatable bonds is 5. The zero-order valence-corrected chi connectivity index (χ0v) is 12.0. The number of ether oxygens (including phenoxy) is 1. The lowest BCUT2D eigenvalue weighted by atomic mass is 10.1. The first-order valence-corrected chi connectivity index (χ1v) is 6.51. The number of carbonyl (C=O) groups excluding carboxylic acids is 1. The molecule has 0 aliphatic heterocycles. The van der Waals surface area contributed by atoms with E-state index >= 15 is 0 Å². The second kappa shape index (κ2) is 5.85. The predicted molar refractivity (Wildman–Crippen MR) is 70.0 cm³/mol. The summed E-state index contributed by atoms with van der Waals surface area (Å²) in [5.41, 5.74) is 1.16. The summed E-state index contributed by atoms with van der Waals surface area (Å²) in [7, 11) is 0. The zero-order chi connectivity index (χ0) is 14.7. The number of aromatic nitrogens is 4. The Bertz CT molecular complexity index is 588. The average molecular weight is 278 g/mol. The van der Waals surface area contributed by atoms with E-state index in [1.807, 2.05) is 0 Å². The zero-order valence-electron chi connectivity index (χ0n) is 12.0. The molecule has 2 heterocycles. The van der Waals surface area contributed by atoms with Gasteiger partial charge in [-0.2, -0.15) is 10.1 Å². The van der Waals surface area contributed by atoms with Crippen LogP contribution in [-0.4, -0.2) is 26.3 Å². The van der Waals surface area contributed by atoms with Crippen molar-refractivity contribution in [2.45, 2.75) is 40.2 Å². The van der Waals surface area contributed by atoms with Gasteiger partial charge in [-0.25, -0.2) is 4.79 Å². The topological polar surface area (TPSA) is 93.9 Å². The molecule has 0 saturated heterocycles. The highest BCUT2D eigenvalue weighted by Crippen LogP contribution is 2.16. The first-order chi connectivity index (χ1) is 9.45. The fourth-order valence-corrected chi connectivity index (χ4v) is 1.76. The van der Waals surface area contributed by atoms with Gasteiger partial charge in [0.15, 0.2) is 17.6 Å². The molecule has 7 heteroatoms. The summed E-state index contributed by atoms with van der Waals surface area (Å²) in [5, 5.41) is 10.4. The van der Waals surface area contributed by atoms with Gasteiger partial charge in [-0.05, 0) is 32.3 Å². The molecule has 108 valence electrons. The minimum Gasteiger partial charge on any atom is -0.448 e. The number of hydrogen-bond donors (Lipinski definition) is 1. The van der Waals surface area contributed by atoms with E-state index in [-0.39, 0.29) is 11.6 Å². The third-order valence-electron chi connectivity index (χ3n) is 2.64. The van der Waals surface area contributed by atoms with Crippen LogP contribution in [0.4, 0.5) is 0 Å². The Kier molecular flexibility index (Phi) is 4.16. The standard InChI is InChI=1S/C13H18N4O3/c1-7(2)5-10-6-11(16-15-10)13(18)19-8(3)12-14-9(4)17-20-12/h6-8H,5H2,1-4H3,(H,15,16). The van der Waals surface area contributed by atoms with Crippen LogP contribution in [0.1, 0.15) is 54.8 Å². The number of H-pyrrole nitrogens is 1. The highest BCUT2D eigenvalue weighted by molar-refractivity contribution is 5.87. The van der Waals surface area contributed by atoms with Crippen LogP contribution in [0.25, 0.3) is 0 Å². The molecule has 2 aromatic rings. The van der Waals surface area contributed by atoms with Gasteiger partial charge >= 0.3 is 5.97 Å². The highest BCUT2D eigenvalue weighted by Gasteiger charge is 2.20. The minimum absolute atomic E-state index is 0.253. The molecule has 0 aliphatic carbocycles. The molecular weight excluding hydrogens is 260 g/mol. The fourth-order valence-electron chi connectivity index (χ4n) is 1.76. The molecule has 2 rings (SSSR count). The molecule has 0 aromatic carbocycles. The summed E-state index contributed by atoms with van der Waals surface area (Å²) >= 11 is 0. The van der Waals surface area contributed by atoms with E-state index in [4.69, 9.17) is 9.26 Å². The Labute approximate surface area is 116 Å². The number of hydrogen-bond acceptors (Lipinski definition) is 6. The summed E-state index contributed by atoms with van der Waals surface area (Å²) in [4.78, 5) is 16.0. The van der Waals surface area contributed by atoms with E-state index < -0.39 is 12.1 Å². The van der Waals surface area contributed by atoms with Gasteiger partial charge in [0, 0.05) is 5.69 Å². The Balaban J connectivity index is 1.99. The molecule has 0 radical (unpaired) electrons. The van der Waals surface area contributed by atoms with Crippen molar-refractivity contribution in [3.8, 4) is 0 Å². The van der Waals surface area contributed by atoms with Crippen molar-refractivity contribution in [2.24, 2.45) is 5.92 Å². The lowest BCUT2D eigenvalue weighted by Gasteiger charge is -2.06. The number of nitrogens with zero attached hydrogens (tertiary/aromatic N) is 3. The van der Waals surface area contributed by atoms with Crippen LogP contribution in [-0.2, 0) is 11.2 Å². The third-order valence-corrected chi connectivity index (χ3v) is 2.64. The Morgan fingerprint density at radius 2 is 2.20 bits per heavy atom. The lowest BCUT2D eigenvalue weighted by Crippen LogP contribution is -2.10. The third kappa shape index (κ3) is 3.43. The van der Waals surface area contributed by atoms with Crippen molar-refractivity contribution in [1.82, 2.24) is 20.3 Å². The molecule has 0 fully saturated rings. The molecule has 20 heavy (non-hydrogen) atoms. The molecule has 0 saturated carbocycles. The normalized spacial score (nSPS) is 12.7. The molecule has 0 spiro atoms. The summed E-state index contributed by atoms with van der Waals surface area (Å²) < 4.78 is 10.2. The van der Waals surface area contributed by atoms with Gasteiger partial charge in [-0.3, -0.25) is 5.10 Å². The van der Waals surface area contributed by atoms with Crippen LogP contribution < -0.4 is 0 Å². The smallest absolute Gasteiger partial charge is 0.359 e. The molecule has 1 N–H and O–H groups in total. The van der Waals surface area contributed by atoms with Crippen LogP contribution in [0.5, 0.6) is 0 Å². The summed E-state index contributed by atoms with van der Waals surface area (Å²) in [6.07, 6.45) is 0.229. The number of aromatic amines is 1. The maximum absolute atomic E-state index is 11.9. The van der Waals surface area contributed by atoms with Gasteiger partial charge < -0.3 is 9.26 Å². The molecule has 0 bridgehead atoms. The highest BCUT2D eigenvalue weighted by atomic mass is 16.6. The van der Waals surface area contributed by atoms with E-state index in [0.29, 0.717) is 11.7 Å². The number of aryl methyl sites for hydroxylation is 1. The Hall–Kier alpha value is -2.18. The van der Waals surface area contributed by atoms with E-state index in [9.17, 15) is 4.79 Å². The van der Waals surface area contributed by atoms with Crippen molar-refractivity contribution >= 4 is 5.97 Å². The lowest BCUT2D eigenvalue weighted by molar-refractivity contribution is 0.0258. The molecule has 0 amide bonds. The summed E-state index contributed by atoms with van der Waals surface area (Å²) in [6.45, 7) is 7.57. The molecular formula is C13H18N4O3. The largest absolute Gasteiger partial charge is 0.448 e. The van der Waals surface area contributed by atoms with Gasteiger partial charge in [0.05, 0.1) is 0 Å². The number of esters is 1. The first kappa shape index (κ1) is 14.2. The van der Waals surface area contributed by atoms with Crippen LogP contribution in [0, 0.1) is 12.8 Å². The monoisotopic (exact) mass is 278 g/mol. The van der Waals surface area contributed by atoms with E-state index in [2.05, 4.69) is 34.2 Å². The van der Waals surface area contributed by atoms with Gasteiger partial charge in [0.1, 0.15) is 0 Å². The van der Waals surface area contributed by atoms with Crippen molar-refractivity contribution in [3.05, 3.63) is 29.2 Å². The van der Waals surface area contributed by atoms with Crippen molar-refractivity contribution in [1.29, 1.82) is 0 Å². The molecule has 7 nitrogen and oxygen atoms in total. The summed E-state index contributed by atoms with van der Waals surface area (Å²) in [5.74, 6) is 0.745. The van der Waals surface area contributed by atoms with E-state index in [0.717, 1.165) is 12.1 Å². The maximum Gasteiger partial charge on any atom is 0.359 e. The van der Waals surface area contributed by atoms with Gasteiger partial charge in [-0.15, -0.1) is 0 Å². The SMILES string of the molecule is Cc1noc(C(C)OC(=O)c2cc(CC(C)C)[nH]n2)n1. The van der Waals surface area contributed by atoms with Crippen LogP contribution in [0.2, 0.25) is 0 Å².